The second kappa shape index (κ2) is 49.8. The van der Waals surface area contributed by atoms with Gasteiger partial charge in [-0.3, -0.25) is 18.6 Å². The molecule has 0 saturated carbocycles. The smallest absolute Gasteiger partial charge is 0.456 e. The van der Waals surface area contributed by atoms with Gasteiger partial charge >= 0.3 is 13.8 Å². The van der Waals surface area contributed by atoms with Crippen LogP contribution in [0.1, 0.15) is 233 Å². The predicted molar refractivity (Wildman–Crippen MR) is 300 cm³/mol. The summed E-state index contributed by atoms with van der Waals surface area (Å²) in [4.78, 5) is 37.5. The number of nitrogens with one attached hydrogen (secondary N) is 1. The first kappa shape index (κ1) is 67.2. The van der Waals surface area contributed by atoms with Crippen LogP contribution in [0.4, 0.5) is 0 Å². The van der Waals surface area contributed by atoms with Crippen molar-refractivity contribution in [1.29, 1.82) is 0 Å². The van der Waals surface area contributed by atoms with Crippen molar-refractivity contribution in [2.45, 2.75) is 245 Å². The molecule has 404 valence electrons. The highest BCUT2D eigenvalue weighted by molar-refractivity contribution is 7.47. The summed E-state index contributed by atoms with van der Waals surface area (Å²) in [5.41, 5.74) is 0. The van der Waals surface area contributed by atoms with Crippen LogP contribution in [-0.2, 0) is 27.9 Å². The summed E-state index contributed by atoms with van der Waals surface area (Å²) in [6.45, 7) is 6.84. The standard InChI is InChI=1S/C60H107N2O7P/c1-7-10-13-16-19-22-25-28-29-30-31-32-33-35-38-41-44-47-50-53-60(64)69-58(51-48-45-42-39-36-27-24-21-18-15-12-9-3)57(56-68-70(65,66)67-55-54-62(4,5)6)61-59(63)52-49-46-43-40-37-34-26-23-20-17-14-11-8-2/h10,13,19,22,28-29,31-32,34-35,37-38,48,51,57-58H,7-9,11-12,14-18,20-21,23-27,30,33,36,39-47,49-50,52-56H2,1-6H3,(H-,61,63,65,66)/p+1/b13-10-,22-19-,29-28-,32-31-,37-34-,38-35-,51-48-. The molecule has 0 aliphatic rings. The van der Waals surface area contributed by atoms with E-state index in [1.165, 1.54) is 89.9 Å². The molecular weight excluding hydrogens is 892 g/mol. The molecule has 0 saturated heterocycles. The lowest BCUT2D eigenvalue weighted by Crippen LogP contribution is -2.47. The highest BCUT2D eigenvalue weighted by Crippen LogP contribution is 2.43. The molecule has 0 heterocycles. The molecule has 0 aliphatic carbocycles. The number of ether oxygens (including phenoxy) is 1. The highest BCUT2D eigenvalue weighted by Gasteiger charge is 2.30. The van der Waals surface area contributed by atoms with Crippen LogP contribution in [0.3, 0.4) is 0 Å². The summed E-state index contributed by atoms with van der Waals surface area (Å²) in [5.74, 6) is -0.566. The molecular formula is C60H108N2O7P+. The van der Waals surface area contributed by atoms with Crippen molar-refractivity contribution in [3.63, 3.8) is 0 Å². The van der Waals surface area contributed by atoms with Crippen LogP contribution in [0, 0.1) is 0 Å². The number of phosphoric ester groups is 1. The van der Waals surface area contributed by atoms with Crippen molar-refractivity contribution in [1.82, 2.24) is 5.32 Å². The van der Waals surface area contributed by atoms with Crippen molar-refractivity contribution in [3.8, 4) is 0 Å². The molecule has 2 N–H and O–H groups in total. The number of quaternary nitrogens is 1. The zero-order valence-electron chi connectivity index (χ0n) is 46.0. The predicted octanol–water partition coefficient (Wildman–Crippen LogP) is 17.0. The fourth-order valence-corrected chi connectivity index (χ4v) is 8.40. The summed E-state index contributed by atoms with van der Waals surface area (Å²) in [6, 6.07) is -0.872. The van der Waals surface area contributed by atoms with E-state index in [-0.39, 0.29) is 31.5 Å². The van der Waals surface area contributed by atoms with E-state index in [1.807, 2.05) is 33.3 Å². The molecule has 0 bridgehead atoms. The molecule has 0 aromatic heterocycles. The number of likely N-dealkylation sites (N-methyl/N-ethyl adjacent to an activating group) is 1. The maximum Gasteiger partial charge on any atom is 0.472 e. The van der Waals surface area contributed by atoms with E-state index in [0.717, 1.165) is 103 Å². The maximum absolute atomic E-state index is 13.5. The molecule has 0 rings (SSSR count). The van der Waals surface area contributed by atoms with Gasteiger partial charge in [-0.25, -0.2) is 4.57 Å². The van der Waals surface area contributed by atoms with E-state index in [4.69, 9.17) is 13.8 Å². The Kier molecular flexibility index (Phi) is 47.8. The Bertz CT molecular complexity index is 1480. The molecule has 70 heavy (non-hydrogen) atoms. The van der Waals surface area contributed by atoms with Gasteiger partial charge in [0.1, 0.15) is 19.3 Å². The van der Waals surface area contributed by atoms with E-state index in [0.29, 0.717) is 23.9 Å². The van der Waals surface area contributed by atoms with Crippen LogP contribution in [0.5, 0.6) is 0 Å². The normalized spacial score (nSPS) is 14.4. The number of carbonyl (C=O) groups excluding carboxylic acids is 2. The maximum atomic E-state index is 13.5. The van der Waals surface area contributed by atoms with E-state index in [9.17, 15) is 19.0 Å². The van der Waals surface area contributed by atoms with Gasteiger partial charge in [0.2, 0.25) is 5.91 Å². The zero-order valence-corrected chi connectivity index (χ0v) is 46.9. The third-order valence-corrected chi connectivity index (χ3v) is 13.1. The first-order valence-corrected chi connectivity index (χ1v) is 29.9. The van der Waals surface area contributed by atoms with E-state index < -0.39 is 20.0 Å². The highest BCUT2D eigenvalue weighted by atomic mass is 31.2. The Morgan fingerprint density at radius 2 is 0.914 bits per heavy atom. The quantitative estimate of drug-likeness (QED) is 0.0205. The minimum atomic E-state index is -4.46. The van der Waals surface area contributed by atoms with Gasteiger partial charge in [-0.2, -0.15) is 0 Å². The summed E-state index contributed by atoms with van der Waals surface area (Å²) < 4.78 is 30.5. The van der Waals surface area contributed by atoms with Crippen molar-refractivity contribution in [2.75, 3.05) is 40.9 Å². The Labute approximate surface area is 431 Å². The number of hydrogen-bond donors (Lipinski definition) is 2. The third-order valence-electron chi connectivity index (χ3n) is 12.1. The number of carbonyl (C=O) groups is 2. The largest absolute Gasteiger partial charge is 0.472 e. The van der Waals surface area contributed by atoms with Crippen LogP contribution in [-0.4, -0.2) is 74.3 Å². The molecule has 0 spiro atoms. The van der Waals surface area contributed by atoms with Gasteiger partial charge in [0, 0.05) is 12.8 Å². The van der Waals surface area contributed by atoms with E-state index >= 15 is 0 Å². The minimum absolute atomic E-state index is 0.0286. The molecule has 3 atom stereocenters. The van der Waals surface area contributed by atoms with Crippen molar-refractivity contribution in [2.24, 2.45) is 0 Å². The number of esters is 1. The van der Waals surface area contributed by atoms with Crippen molar-refractivity contribution >= 4 is 19.7 Å². The van der Waals surface area contributed by atoms with Gasteiger partial charge in [0.05, 0.1) is 33.8 Å². The van der Waals surface area contributed by atoms with E-state index in [1.54, 1.807) is 0 Å². The summed E-state index contributed by atoms with van der Waals surface area (Å²) >= 11 is 0. The topological polar surface area (TPSA) is 111 Å². The monoisotopic (exact) mass is 1000 g/mol. The van der Waals surface area contributed by atoms with Gasteiger partial charge in [-0.05, 0) is 102 Å². The molecule has 10 heteroatoms. The van der Waals surface area contributed by atoms with Crippen molar-refractivity contribution < 1.29 is 37.3 Å². The van der Waals surface area contributed by atoms with Crippen LogP contribution >= 0.6 is 7.82 Å². The fraction of sp³-hybridized carbons (Fsp3) is 0.733. The lowest BCUT2D eigenvalue weighted by molar-refractivity contribution is -0.870. The molecule has 0 aromatic rings. The second-order valence-corrected chi connectivity index (χ2v) is 21.5. The number of hydrogen-bond acceptors (Lipinski definition) is 6. The van der Waals surface area contributed by atoms with Crippen LogP contribution in [0.2, 0.25) is 0 Å². The number of unbranched alkanes of at least 4 members (excludes halogenated alkanes) is 22. The Morgan fingerprint density at radius 3 is 1.39 bits per heavy atom. The van der Waals surface area contributed by atoms with Crippen molar-refractivity contribution in [3.05, 3.63) is 85.1 Å². The first-order valence-electron chi connectivity index (χ1n) is 28.4. The molecule has 0 aromatic carbocycles. The van der Waals surface area contributed by atoms with E-state index in [2.05, 4.69) is 99.0 Å². The third kappa shape index (κ3) is 50.1. The molecule has 1 amide bonds. The minimum Gasteiger partial charge on any atom is -0.456 e. The van der Waals surface area contributed by atoms with Crippen LogP contribution < -0.4 is 5.32 Å². The van der Waals surface area contributed by atoms with Gasteiger partial charge in [-0.1, -0.05) is 202 Å². The first-order chi connectivity index (χ1) is 33.9. The molecule has 9 nitrogen and oxygen atoms in total. The number of phosphoric acid groups is 1. The van der Waals surface area contributed by atoms with Crippen LogP contribution in [0.25, 0.3) is 0 Å². The Balaban J connectivity index is 5.43. The lowest BCUT2D eigenvalue weighted by Gasteiger charge is -2.27. The second-order valence-electron chi connectivity index (χ2n) is 20.1. The number of amides is 1. The Hall–Kier alpha value is -2.81. The van der Waals surface area contributed by atoms with Gasteiger partial charge < -0.3 is 19.4 Å². The summed E-state index contributed by atoms with van der Waals surface area (Å²) in [7, 11) is 1.46. The Morgan fingerprint density at radius 1 is 0.514 bits per heavy atom. The van der Waals surface area contributed by atoms with Gasteiger partial charge in [-0.15, -0.1) is 0 Å². The molecule has 0 aliphatic heterocycles. The SMILES string of the molecule is CC/C=C\C/C=C\C/C=C\C/C=C\C/C=C\CCCCCC(=O)OC(/C=C\CCCCCCCCCCCC)C(COP(=O)(O)OCC[N+](C)(C)C)NC(=O)CCCCC/C=C\CCCCCCCC. The summed E-state index contributed by atoms with van der Waals surface area (Å²) in [5, 5.41) is 3.02. The van der Waals surface area contributed by atoms with Gasteiger partial charge in [0.15, 0.2) is 0 Å². The number of allylic oxidation sites excluding steroid dienone is 13. The molecule has 0 radical (unpaired) electrons. The zero-order chi connectivity index (χ0) is 51.5. The number of rotatable bonds is 50. The van der Waals surface area contributed by atoms with Crippen LogP contribution in [0.15, 0.2) is 85.1 Å². The lowest BCUT2D eigenvalue weighted by atomic mass is 10.1. The average Bonchev–Trinajstić information content (AvgIpc) is 3.32. The molecule has 3 unspecified atom stereocenters. The average molecular weight is 1000 g/mol. The summed E-state index contributed by atoms with van der Waals surface area (Å²) in [6.07, 6.45) is 64.3. The van der Waals surface area contributed by atoms with Gasteiger partial charge in [0.25, 0.3) is 0 Å². The number of nitrogens with zero attached hydrogens (tertiary/aromatic N) is 1. The fourth-order valence-electron chi connectivity index (χ4n) is 7.67. The molecule has 0 fully saturated rings.